The zero-order valence-corrected chi connectivity index (χ0v) is 18.4. The third kappa shape index (κ3) is 4.80. The standard InChI is InChI=1S/C23H28N4O2S/c1-25(2)19-10-8-18(9-11-19)22(28)27(13-5-12-26-14-16-29-17-15-26)23-24-20-6-3-4-7-21(20)30-23/h3-4,6-11H,5,12-17H2,1-2H3. The van der Waals surface area contributed by atoms with Crippen LogP contribution in [0.4, 0.5) is 10.8 Å². The number of benzene rings is 2. The number of carbonyl (C=O) groups is 1. The summed E-state index contributed by atoms with van der Waals surface area (Å²) in [6, 6.07) is 15.8. The third-order valence-corrected chi connectivity index (χ3v) is 6.41. The van der Waals surface area contributed by atoms with Gasteiger partial charge in [0.1, 0.15) is 0 Å². The number of fused-ring (bicyclic) bond motifs is 1. The molecule has 0 saturated carbocycles. The lowest BCUT2D eigenvalue weighted by Gasteiger charge is -2.27. The number of rotatable bonds is 7. The van der Waals surface area contributed by atoms with Gasteiger partial charge >= 0.3 is 0 Å². The van der Waals surface area contributed by atoms with Crippen molar-refractivity contribution in [3.63, 3.8) is 0 Å². The minimum atomic E-state index is 0.00124. The summed E-state index contributed by atoms with van der Waals surface area (Å²) < 4.78 is 6.53. The van der Waals surface area contributed by atoms with Crippen LogP contribution in [-0.4, -0.2) is 69.3 Å². The van der Waals surface area contributed by atoms with E-state index in [1.807, 2.05) is 66.4 Å². The first kappa shape index (κ1) is 20.8. The molecule has 6 nitrogen and oxygen atoms in total. The normalized spacial score (nSPS) is 14.7. The number of nitrogens with zero attached hydrogens (tertiary/aromatic N) is 4. The molecule has 0 radical (unpaired) electrons. The smallest absolute Gasteiger partial charge is 0.260 e. The zero-order chi connectivity index (χ0) is 20.9. The maximum atomic E-state index is 13.4. The van der Waals surface area contributed by atoms with E-state index in [9.17, 15) is 4.79 Å². The molecule has 30 heavy (non-hydrogen) atoms. The molecule has 0 aliphatic carbocycles. The second-order valence-electron chi connectivity index (χ2n) is 7.67. The minimum Gasteiger partial charge on any atom is -0.379 e. The summed E-state index contributed by atoms with van der Waals surface area (Å²) in [5.74, 6) is 0.00124. The number of carbonyl (C=O) groups excluding carboxylic acids is 1. The Kier molecular flexibility index (Phi) is 6.62. The van der Waals surface area contributed by atoms with E-state index < -0.39 is 0 Å². The highest BCUT2D eigenvalue weighted by Gasteiger charge is 2.22. The number of anilines is 2. The summed E-state index contributed by atoms with van der Waals surface area (Å²) >= 11 is 1.57. The van der Waals surface area contributed by atoms with Crippen LogP contribution in [0.1, 0.15) is 16.8 Å². The Hall–Kier alpha value is -2.48. The maximum Gasteiger partial charge on any atom is 0.260 e. The van der Waals surface area contributed by atoms with Gasteiger partial charge in [0.2, 0.25) is 0 Å². The van der Waals surface area contributed by atoms with Crippen molar-refractivity contribution < 1.29 is 9.53 Å². The van der Waals surface area contributed by atoms with Gasteiger partial charge in [-0.15, -0.1) is 0 Å². The largest absolute Gasteiger partial charge is 0.379 e. The Labute approximate surface area is 181 Å². The summed E-state index contributed by atoms with van der Waals surface area (Å²) in [6.07, 6.45) is 0.900. The molecule has 1 aliphatic heterocycles. The van der Waals surface area contributed by atoms with E-state index in [0.717, 1.165) is 60.3 Å². The number of amides is 1. The van der Waals surface area contributed by atoms with Crippen LogP contribution in [-0.2, 0) is 4.74 Å². The molecule has 4 rings (SSSR count). The van der Waals surface area contributed by atoms with Gasteiger partial charge in [0.25, 0.3) is 5.91 Å². The van der Waals surface area contributed by atoms with Crippen molar-refractivity contribution >= 4 is 38.3 Å². The quantitative estimate of drug-likeness (QED) is 0.578. The second-order valence-corrected chi connectivity index (χ2v) is 8.68. The van der Waals surface area contributed by atoms with E-state index in [2.05, 4.69) is 11.0 Å². The molecule has 158 valence electrons. The highest BCUT2D eigenvalue weighted by molar-refractivity contribution is 7.22. The fraction of sp³-hybridized carbons (Fsp3) is 0.391. The Morgan fingerprint density at radius 1 is 1.10 bits per heavy atom. The van der Waals surface area contributed by atoms with Crippen molar-refractivity contribution in [2.45, 2.75) is 6.42 Å². The summed E-state index contributed by atoms with van der Waals surface area (Å²) in [5, 5.41) is 0.764. The fourth-order valence-corrected chi connectivity index (χ4v) is 4.58. The molecule has 1 amide bonds. The van der Waals surface area contributed by atoms with E-state index in [-0.39, 0.29) is 5.91 Å². The van der Waals surface area contributed by atoms with E-state index in [4.69, 9.17) is 9.72 Å². The van der Waals surface area contributed by atoms with E-state index in [1.165, 1.54) is 0 Å². The molecule has 2 aromatic carbocycles. The van der Waals surface area contributed by atoms with Crippen molar-refractivity contribution in [3.05, 3.63) is 54.1 Å². The van der Waals surface area contributed by atoms with Gasteiger partial charge in [-0.1, -0.05) is 23.5 Å². The van der Waals surface area contributed by atoms with Gasteiger partial charge in [-0.05, 0) is 42.8 Å². The van der Waals surface area contributed by atoms with Crippen molar-refractivity contribution in [1.82, 2.24) is 9.88 Å². The predicted octanol–water partition coefficient (Wildman–Crippen LogP) is 3.73. The van der Waals surface area contributed by atoms with Gasteiger partial charge < -0.3 is 9.64 Å². The summed E-state index contributed by atoms with van der Waals surface area (Å²) in [5.41, 5.74) is 2.70. The number of morpholine rings is 1. The van der Waals surface area contributed by atoms with E-state index in [1.54, 1.807) is 11.3 Å². The van der Waals surface area contributed by atoms with Gasteiger partial charge in [0, 0.05) is 51.5 Å². The molecular formula is C23H28N4O2S. The average molecular weight is 425 g/mol. The summed E-state index contributed by atoms with van der Waals surface area (Å²) in [6.45, 7) is 5.10. The van der Waals surface area contributed by atoms with E-state index >= 15 is 0 Å². The van der Waals surface area contributed by atoms with Crippen molar-refractivity contribution in [1.29, 1.82) is 0 Å². The molecular weight excluding hydrogens is 396 g/mol. The molecule has 0 spiro atoms. The number of thiazole rings is 1. The Balaban J connectivity index is 1.54. The first-order valence-corrected chi connectivity index (χ1v) is 11.2. The lowest BCUT2D eigenvalue weighted by molar-refractivity contribution is 0.0376. The van der Waals surface area contributed by atoms with Gasteiger partial charge in [-0.3, -0.25) is 14.6 Å². The average Bonchev–Trinajstić information content (AvgIpc) is 3.21. The molecule has 7 heteroatoms. The summed E-state index contributed by atoms with van der Waals surface area (Å²) in [4.78, 5) is 24.5. The van der Waals surface area contributed by atoms with Crippen LogP contribution >= 0.6 is 11.3 Å². The van der Waals surface area contributed by atoms with Crippen LogP contribution in [0.25, 0.3) is 10.2 Å². The van der Waals surface area contributed by atoms with Crippen LogP contribution in [0.15, 0.2) is 48.5 Å². The monoisotopic (exact) mass is 424 g/mol. The lowest BCUT2D eigenvalue weighted by Crippen LogP contribution is -2.39. The lowest BCUT2D eigenvalue weighted by atomic mass is 10.1. The van der Waals surface area contributed by atoms with Crippen LogP contribution in [0.5, 0.6) is 0 Å². The Morgan fingerprint density at radius 3 is 2.53 bits per heavy atom. The molecule has 1 aliphatic rings. The maximum absolute atomic E-state index is 13.4. The van der Waals surface area contributed by atoms with Gasteiger partial charge in [-0.2, -0.15) is 0 Å². The molecule has 1 fully saturated rings. The van der Waals surface area contributed by atoms with Crippen molar-refractivity contribution in [2.75, 3.05) is 63.3 Å². The van der Waals surface area contributed by atoms with Crippen LogP contribution in [0.2, 0.25) is 0 Å². The molecule has 1 saturated heterocycles. The molecule has 1 aromatic heterocycles. The number of hydrogen-bond donors (Lipinski definition) is 0. The Bertz CT molecular complexity index is 947. The van der Waals surface area contributed by atoms with Crippen LogP contribution in [0.3, 0.4) is 0 Å². The molecule has 0 bridgehead atoms. The van der Waals surface area contributed by atoms with Crippen LogP contribution in [0, 0.1) is 0 Å². The topological polar surface area (TPSA) is 48.9 Å². The molecule has 0 N–H and O–H groups in total. The van der Waals surface area contributed by atoms with Crippen LogP contribution < -0.4 is 9.80 Å². The summed E-state index contributed by atoms with van der Waals surface area (Å²) in [7, 11) is 3.99. The van der Waals surface area contributed by atoms with E-state index in [0.29, 0.717) is 12.1 Å². The number of aromatic nitrogens is 1. The highest BCUT2D eigenvalue weighted by atomic mass is 32.1. The minimum absolute atomic E-state index is 0.00124. The molecule has 3 aromatic rings. The first-order valence-electron chi connectivity index (χ1n) is 10.4. The third-order valence-electron chi connectivity index (χ3n) is 5.35. The number of ether oxygens (including phenoxy) is 1. The van der Waals surface area contributed by atoms with Crippen molar-refractivity contribution in [2.24, 2.45) is 0 Å². The van der Waals surface area contributed by atoms with Gasteiger partial charge in [0.05, 0.1) is 23.4 Å². The SMILES string of the molecule is CN(C)c1ccc(C(=O)N(CCCN2CCOCC2)c2nc3ccccc3s2)cc1. The highest BCUT2D eigenvalue weighted by Crippen LogP contribution is 2.30. The second kappa shape index (κ2) is 9.55. The predicted molar refractivity (Wildman–Crippen MR) is 124 cm³/mol. The number of para-hydroxylation sites is 1. The first-order chi connectivity index (χ1) is 14.6. The van der Waals surface area contributed by atoms with Gasteiger partial charge in [0.15, 0.2) is 5.13 Å². The molecule has 2 heterocycles. The Morgan fingerprint density at radius 2 is 1.83 bits per heavy atom. The fourth-order valence-electron chi connectivity index (χ4n) is 3.59. The zero-order valence-electron chi connectivity index (χ0n) is 17.6. The van der Waals surface area contributed by atoms with Gasteiger partial charge in [-0.25, -0.2) is 4.98 Å². The number of hydrogen-bond acceptors (Lipinski definition) is 6. The molecule has 0 atom stereocenters. The van der Waals surface area contributed by atoms with Crippen molar-refractivity contribution in [3.8, 4) is 0 Å². The molecule has 0 unspecified atom stereocenters.